The van der Waals surface area contributed by atoms with Gasteiger partial charge in [0, 0.05) is 17.7 Å². The molecule has 0 bridgehead atoms. The van der Waals surface area contributed by atoms with Gasteiger partial charge >= 0.3 is 0 Å². The van der Waals surface area contributed by atoms with E-state index in [0.29, 0.717) is 0 Å². The Bertz CT molecular complexity index is 345. The lowest BCUT2D eigenvalue weighted by Crippen LogP contribution is -2.08. The van der Waals surface area contributed by atoms with Crippen LogP contribution in [0, 0.1) is 17.6 Å². The molecule has 2 atom stereocenters. The first-order valence-electron chi connectivity index (χ1n) is 5.18. The average molecular weight is 249 g/mol. The maximum Gasteiger partial charge on any atom is 0.134 e. The van der Waals surface area contributed by atoms with Crippen LogP contribution in [0.1, 0.15) is 31.2 Å². The molecule has 90 valence electrons. The highest BCUT2D eigenvalue weighted by molar-refractivity contribution is 6.21. The molecule has 0 aliphatic rings. The van der Waals surface area contributed by atoms with E-state index in [1.54, 1.807) is 0 Å². The van der Waals surface area contributed by atoms with Crippen LogP contribution in [0.2, 0.25) is 0 Å². The van der Waals surface area contributed by atoms with E-state index in [4.69, 9.17) is 16.3 Å². The SMILES string of the molecule is CCC(C)C(Cl)c1c(F)cc(OC)cc1F. The van der Waals surface area contributed by atoms with Crippen molar-refractivity contribution < 1.29 is 13.5 Å². The van der Waals surface area contributed by atoms with Crippen molar-refractivity contribution in [3.8, 4) is 5.75 Å². The number of methoxy groups -OCH3 is 1. The van der Waals surface area contributed by atoms with E-state index < -0.39 is 17.0 Å². The first-order chi connectivity index (χ1) is 7.51. The van der Waals surface area contributed by atoms with Gasteiger partial charge in [-0.05, 0) is 5.92 Å². The molecular formula is C12H15ClF2O. The fourth-order valence-electron chi connectivity index (χ4n) is 1.43. The van der Waals surface area contributed by atoms with Gasteiger partial charge in [-0.15, -0.1) is 11.6 Å². The van der Waals surface area contributed by atoms with Crippen LogP contribution >= 0.6 is 11.6 Å². The van der Waals surface area contributed by atoms with Crippen molar-refractivity contribution in [3.05, 3.63) is 29.3 Å². The van der Waals surface area contributed by atoms with Crippen LogP contribution in [0.15, 0.2) is 12.1 Å². The molecule has 0 heterocycles. The molecule has 1 nitrogen and oxygen atoms in total. The molecule has 4 heteroatoms. The lowest BCUT2D eigenvalue weighted by atomic mass is 9.97. The minimum absolute atomic E-state index is 0.0130. The Balaban J connectivity index is 3.14. The molecule has 1 aromatic rings. The third kappa shape index (κ3) is 2.64. The molecule has 0 amide bonds. The minimum atomic E-state index is -0.657. The molecule has 0 aromatic heterocycles. The molecule has 0 spiro atoms. The molecule has 0 radical (unpaired) electrons. The summed E-state index contributed by atoms with van der Waals surface area (Å²) in [7, 11) is 1.36. The van der Waals surface area contributed by atoms with Gasteiger partial charge in [0.2, 0.25) is 0 Å². The van der Waals surface area contributed by atoms with Gasteiger partial charge in [0.15, 0.2) is 0 Å². The number of hydrogen-bond donors (Lipinski definition) is 0. The van der Waals surface area contributed by atoms with Gasteiger partial charge < -0.3 is 4.74 Å². The fraction of sp³-hybridized carbons (Fsp3) is 0.500. The molecule has 1 aromatic carbocycles. The van der Waals surface area contributed by atoms with Crippen molar-refractivity contribution >= 4 is 11.6 Å². The van der Waals surface area contributed by atoms with Crippen molar-refractivity contribution in [2.45, 2.75) is 25.6 Å². The number of ether oxygens (including phenoxy) is 1. The van der Waals surface area contributed by atoms with Crippen molar-refractivity contribution in [3.63, 3.8) is 0 Å². The summed E-state index contributed by atoms with van der Waals surface area (Å²) in [6.45, 7) is 3.79. The van der Waals surface area contributed by atoms with Gasteiger partial charge in [-0.3, -0.25) is 0 Å². The van der Waals surface area contributed by atoms with E-state index in [0.717, 1.165) is 18.6 Å². The molecule has 16 heavy (non-hydrogen) atoms. The van der Waals surface area contributed by atoms with Crippen molar-refractivity contribution in [1.29, 1.82) is 0 Å². The van der Waals surface area contributed by atoms with E-state index in [-0.39, 0.29) is 17.2 Å². The van der Waals surface area contributed by atoms with Gasteiger partial charge in [-0.1, -0.05) is 20.3 Å². The van der Waals surface area contributed by atoms with Crippen LogP contribution in [0.4, 0.5) is 8.78 Å². The highest BCUT2D eigenvalue weighted by atomic mass is 35.5. The smallest absolute Gasteiger partial charge is 0.134 e. The molecule has 0 saturated heterocycles. The van der Waals surface area contributed by atoms with Crippen molar-refractivity contribution in [2.24, 2.45) is 5.92 Å². The van der Waals surface area contributed by atoms with Crippen LogP contribution < -0.4 is 4.74 Å². The number of halogens is 3. The van der Waals surface area contributed by atoms with Gasteiger partial charge in [0.05, 0.1) is 12.5 Å². The molecular weight excluding hydrogens is 234 g/mol. The summed E-state index contributed by atoms with van der Waals surface area (Å²) in [6.07, 6.45) is 0.763. The van der Waals surface area contributed by atoms with Crippen LogP contribution in [0.3, 0.4) is 0 Å². The first kappa shape index (κ1) is 13.2. The fourth-order valence-corrected chi connectivity index (χ4v) is 1.82. The second-order valence-electron chi connectivity index (χ2n) is 3.79. The van der Waals surface area contributed by atoms with E-state index in [1.165, 1.54) is 7.11 Å². The van der Waals surface area contributed by atoms with Crippen LogP contribution in [-0.2, 0) is 0 Å². The van der Waals surface area contributed by atoms with Crippen LogP contribution in [-0.4, -0.2) is 7.11 Å². The Labute approximate surface area is 99.4 Å². The lowest BCUT2D eigenvalue weighted by molar-refractivity contribution is 0.402. The summed E-state index contributed by atoms with van der Waals surface area (Å²) in [5.41, 5.74) is -0.0724. The molecule has 2 unspecified atom stereocenters. The van der Waals surface area contributed by atoms with E-state index >= 15 is 0 Å². The number of rotatable bonds is 4. The minimum Gasteiger partial charge on any atom is -0.497 e. The molecule has 0 aliphatic carbocycles. The molecule has 0 N–H and O–H groups in total. The summed E-state index contributed by atoms with van der Waals surface area (Å²) in [4.78, 5) is 0. The monoisotopic (exact) mass is 248 g/mol. The van der Waals surface area contributed by atoms with Crippen LogP contribution in [0.5, 0.6) is 5.75 Å². The Morgan fingerprint density at radius 1 is 1.31 bits per heavy atom. The zero-order valence-electron chi connectivity index (χ0n) is 9.56. The van der Waals surface area contributed by atoms with Gasteiger partial charge in [-0.25, -0.2) is 8.78 Å². The van der Waals surface area contributed by atoms with Gasteiger partial charge in [-0.2, -0.15) is 0 Å². The topological polar surface area (TPSA) is 9.23 Å². The van der Waals surface area contributed by atoms with Gasteiger partial charge in [0.25, 0.3) is 0 Å². The lowest BCUT2D eigenvalue weighted by Gasteiger charge is -2.18. The quantitative estimate of drug-likeness (QED) is 0.722. The standard InChI is InChI=1S/C12H15ClF2O/c1-4-7(2)12(13)11-9(14)5-8(16-3)6-10(11)15/h5-7,12H,4H2,1-3H3. The van der Waals surface area contributed by atoms with Crippen molar-refractivity contribution in [1.82, 2.24) is 0 Å². The predicted molar refractivity (Wildman–Crippen MR) is 61.0 cm³/mol. The Hall–Kier alpha value is -0.830. The van der Waals surface area contributed by atoms with E-state index in [2.05, 4.69) is 0 Å². The van der Waals surface area contributed by atoms with Gasteiger partial charge in [0.1, 0.15) is 17.4 Å². The predicted octanol–water partition coefficient (Wildman–Crippen LogP) is 4.30. The largest absolute Gasteiger partial charge is 0.497 e. The maximum atomic E-state index is 13.6. The molecule has 0 aliphatic heterocycles. The third-order valence-electron chi connectivity index (χ3n) is 2.71. The zero-order chi connectivity index (χ0) is 12.3. The zero-order valence-corrected chi connectivity index (χ0v) is 10.3. The second kappa shape index (κ2) is 5.48. The summed E-state index contributed by atoms with van der Waals surface area (Å²) >= 11 is 6.04. The number of hydrogen-bond acceptors (Lipinski definition) is 1. The summed E-state index contributed by atoms with van der Waals surface area (Å²) in [6, 6.07) is 2.30. The Morgan fingerprint density at radius 3 is 2.19 bits per heavy atom. The van der Waals surface area contributed by atoms with Crippen LogP contribution in [0.25, 0.3) is 0 Å². The average Bonchev–Trinajstić information content (AvgIpc) is 2.26. The maximum absolute atomic E-state index is 13.6. The van der Waals surface area contributed by atoms with E-state index in [9.17, 15) is 8.78 Å². The molecule has 1 rings (SSSR count). The second-order valence-corrected chi connectivity index (χ2v) is 4.26. The highest BCUT2D eigenvalue weighted by Gasteiger charge is 2.23. The summed E-state index contributed by atoms with van der Waals surface area (Å²) in [5, 5.41) is -0.657. The normalized spacial score (nSPS) is 14.6. The molecule has 0 fully saturated rings. The van der Waals surface area contributed by atoms with Crippen molar-refractivity contribution in [2.75, 3.05) is 7.11 Å². The Morgan fingerprint density at radius 2 is 1.81 bits per heavy atom. The third-order valence-corrected chi connectivity index (χ3v) is 3.36. The van der Waals surface area contributed by atoms with E-state index in [1.807, 2.05) is 13.8 Å². The number of alkyl halides is 1. The summed E-state index contributed by atoms with van der Waals surface area (Å²) in [5.74, 6) is -1.14. The first-order valence-corrected chi connectivity index (χ1v) is 5.61. The summed E-state index contributed by atoms with van der Waals surface area (Å²) < 4.78 is 32.1. The highest BCUT2D eigenvalue weighted by Crippen LogP contribution is 2.35. The number of benzene rings is 1. The Kier molecular flexibility index (Phi) is 4.54. The molecule has 0 saturated carbocycles.